The van der Waals surface area contributed by atoms with Gasteiger partial charge < -0.3 is 10.2 Å². The van der Waals surface area contributed by atoms with E-state index in [-0.39, 0.29) is 31.6 Å². The lowest BCUT2D eigenvalue weighted by Crippen LogP contribution is -1.91. The average molecular weight is 366 g/mol. The van der Waals surface area contributed by atoms with Crippen molar-refractivity contribution in [1.29, 1.82) is 0 Å². The van der Waals surface area contributed by atoms with Crippen LogP contribution in [0.5, 0.6) is 11.5 Å². The van der Waals surface area contributed by atoms with Gasteiger partial charge in [0.05, 0.1) is 20.1 Å². The third kappa shape index (κ3) is 4.10. The summed E-state index contributed by atoms with van der Waals surface area (Å²) in [4.78, 5) is 0. The van der Waals surface area contributed by atoms with Crippen LogP contribution in [-0.4, -0.2) is 10.2 Å². The first-order chi connectivity index (χ1) is 9.88. The minimum absolute atomic E-state index is 0.0980. The molecule has 0 saturated heterocycles. The minimum atomic E-state index is -0.0980. The Balaban J connectivity index is 2.02. The number of phenolic OH excluding ortho intramolecular Hbond substituents is 2. The molecule has 0 fully saturated rings. The fourth-order valence-electron chi connectivity index (χ4n) is 2.02. The number of aromatic hydroxyl groups is 2. The van der Waals surface area contributed by atoms with Crippen molar-refractivity contribution in [2.75, 3.05) is 0 Å². The van der Waals surface area contributed by atoms with E-state index in [9.17, 15) is 10.2 Å². The van der Waals surface area contributed by atoms with Gasteiger partial charge in [-0.15, -0.1) is 0 Å². The Hall–Kier alpha value is -0.800. The van der Waals surface area contributed by atoms with Crippen molar-refractivity contribution in [1.82, 2.24) is 0 Å². The largest absolute Gasteiger partial charge is 0.505 e. The first kappa shape index (κ1) is 16.6. The lowest BCUT2D eigenvalue weighted by molar-refractivity contribution is 0.475. The highest BCUT2D eigenvalue weighted by molar-refractivity contribution is 6.37. The quantitative estimate of drug-likeness (QED) is 0.709. The van der Waals surface area contributed by atoms with Crippen molar-refractivity contribution in [2.45, 2.75) is 19.3 Å². The van der Waals surface area contributed by atoms with Crippen LogP contribution in [0.4, 0.5) is 0 Å². The van der Waals surface area contributed by atoms with Gasteiger partial charge >= 0.3 is 0 Å². The lowest BCUT2D eigenvalue weighted by Gasteiger charge is -2.07. The van der Waals surface area contributed by atoms with Crippen LogP contribution in [0.15, 0.2) is 24.3 Å². The molecule has 0 amide bonds. The molecule has 0 aromatic heterocycles. The molecule has 0 unspecified atom stereocenters. The first-order valence-corrected chi connectivity index (χ1v) is 7.73. The van der Waals surface area contributed by atoms with E-state index >= 15 is 0 Å². The predicted octanol–water partition coefficient (Wildman–Crippen LogP) is 5.89. The average Bonchev–Trinajstić information content (AvgIpc) is 2.42. The normalized spacial score (nSPS) is 10.9. The van der Waals surface area contributed by atoms with Crippen LogP contribution in [0.3, 0.4) is 0 Å². The van der Waals surface area contributed by atoms with Crippen LogP contribution in [0.2, 0.25) is 20.1 Å². The van der Waals surface area contributed by atoms with Gasteiger partial charge in [0.2, 0.25) is 0 Å². The molecular weight excluding hydrogens is 354 g/mol. The highest BCUT2D eigenvalue weighted by Gasteiger charge is 2.08. The summed E-state index contributed by atoms with van der Waals surface area (Å²) in [5, 5.41) is 20.0. The third-order valence-electron chi connectivity index (χ3n) is 3.08. The molecule has 2 N–H and O–H groups in total. The molecule has 2 rings (SSSR count). The van der Waals surface area contributed by atoms with Gasteiger partial charge in [-0.3, -0.25) is 0 Å². The Bertz CT molecular complexity index is 567. The van der Waals surface area contributed by atoms with E-state index in [1.807, 2.05) is 0 Å². The molecule has 2 nitrogen and oxygen atoms in total. The summed E-state index contributed by atoms with van der Waals surface area (Å²) in [7, 11) is 0. The Labute approximate surface area is 142 Å². The van der Waals surface area contributed by atoms with Crippen molar-refractivity contribution in [3.05, 3.63) is 55.5 Å². The number of rotatable bonds is 4. The molecule has 112 valence electrons. The van der Waals surface area contributed by atoms with Crippen LogP contribution >= 0.6 is 46.4 Å². The van der Waals surface area contributed by atoms with Gasteiger partial charge in [0, 0.05) is 0 Å². The molecule has 0 spiro atoms. The molecule has 0 heterocycles. The summed E-state index contributed by atoms with van der Waals surface area (Å²) in [5.41, 5.74) is 1.89. The zero-order valence-electron chi connectivity index (χ0n) is 10.8. The van der Waals surface area contributed by atoms with Gasteiger partial charge in [0.15, 0.2) is 11.5 Å². The minimum Gasteiger partial charge on any atom is -0.505 e. The molecule has 0 bridgehead atoms. The number of hydrogen-bond donors (Lipinski definition) is 2. The summed E-state index contributed by atoms with van der Waals surface area (Å²) in [5.74, 6) is -0.196. The molecule has 2 aromatic carbocycles. The molecule has 0 radical (unpaired) electrons. The van der Waals surface area contributed by atoms with Crippen LogP contribution in [0.1, 0.15) is 17.5 Å². The second-order valence-electron chi connectivity index (χ2n) is 4.67. The maximum absolute atomic E-state index is 9.50. The number of aryl methyl sites for hydroxylation is 2. The van der Waals surface area contributed by atoms with Crippen LogP contribution in [0.25, 0.3) is 0 Å². The predicted molar refractivity (Wildman–Crippen MR) is 88.3 cm³/mol. The molecule has 2 aromatic rings. The van der Waals surface area contributed by atoms with E-state index in [1.165, 1.54) is 0 Å². The SMILES string of the molecule is Oc1c(Cl)cc(CCCc2cc(Cl)c(O)c(Cl)c2)cc1Cl. The topological polar surface area (TPSA) is 40.5 Å². The van der Waals surface area contributed by atoms with Gasteiger partial charge in [-0.05, 0) is 54.7 Å². The van der Waals surface area contributed by atoms with E-state index in [2.05, 4.69) is 0 Å². The van der Waals surface area contributed by atoms with E-state index in [1.54, 1.807) is 24.3 Å². The monoisotopic (exact) mass is 364 g/mol. The van der Waals surface area contributed by atoms with Crippen molar-refractivity contribution < 1.29 is 10.2 Å². The summed E-state index contributed by atoms with van der Waals surface area (Å²) in [6, 6.07) is 6.78. The fraction of sp³-hybridized carbons (Fsp3) is 0.200. The maximum atomic E-state index is 9.50. The second kappa shape index (κ2) is 6.97. The van der Waals surface area contributed by atoms with Crippen LogP contribution < -0.4 is 0 Å². The smallest absolute Gasteiger partial charge is 0.152 e. The summed E-state index contributed by atoms with van der Waals surface area (Å²) in [6.07, 6.45) is 2.32. The molecule has 6 heteroatoms. The molecule has 21 heavy (non-hydrogen) atoms. The van der Waals surface area contributed by atoms with E-state index in [0.717, 1.165) is 30.4 Å². The van der Waals surface area contributed by atoms with E-state index in [0.29, 0.717) is 0 Å². The molecule has 0 saturated carbocycles. The Morgan fingerprint density at radius 1 is 0.619 bits per heavy atom. The summed E-state index contributed by atoms with van der Waals surface area (Å²) < 4.78 is 0. The van der Waals surface area contributed by atoms with Gasteiger partial charge in [-0.2, -0.15) is 0 Å². The Kier molecular flexibility index (Phi) is 5.50. The lowest BCUT2D eigenvalue weighted by atomic mass is 10.0. The number of hydrogen-bond acceptors (Lipinski definition) is 2. The number of halogens is 4. The summed E-state index contributed by atoms with van der Waals surface area (Å²) in [6.45, 7) is 0. The van der Waals surface area contributed by atoms with Crippen molar-refractivity contribution in [3.8, 4) is 11.5 Å². The van der Waals surface area contributed by atoms with Crippen LogP contribution in [-0.2, 0) is 12.8 Å². The third-order valence-corrected chi connectivity index (χ3v) is 4.24. The summed E-state index contributed by atoms with van der Waals surface area (Å²) >= 11 is 23.5. The fourth-order valence-corrected chi connectivity index (χ4v) is 3.09. The van der Waals surface area contributed by atoms with Crippen molar-refractivity contribution >= 4 is 46.4 Å². The van der Waals surface area contributed by atoms with Crippen molar-refractivity contribution in [3.63, 3.8) is 0 Å². The van der Waals surface area contributed by atoms with E-state index < -0.39 is 0 Å². The molecule has 0 atom stereocenters. The van der Waals surface area contributed by atoms with Gasteiger partial charge in [-0.25, -0.2) is 0 Å². The zero-order chi connectivity index (χ0) is 15.6. The van der Waals surface area contributed by atoms with E-state index in [4.69, 9.17) is 46.4 Å². The van der Waals surface area contributed by atoms with Gasteiger partial charge in [0.1, 0.15) is 0 Å². The zero-order valence-corrected chi connectivity index (χ0v) is 13.9. The highest BCUT2D eigenvalue weighted by atomic mass is 35.5. The number of phenols is 2. The Morgan fingerprint density at radius 2 is 0.905 bits per heavy atom. The molecule has 0 aliphatic heterocycles. The standard InChI is InChI=1S/C15H12Cl4O2/c16-10-4-8(5-11(17)14(10)20)2-1-3-9-6-12(18)15(21)13(19)7-9/h4-7,20-21H,1-3H2. The molecule has 0 aliphatic rings. The first-order valence-electron chi connectivity index (χ1n) is 6.22. The molecule has 0 aliphatic carbocycles. The Morgan fingerprint density at radius 3 is 1.19 bits per heavy atom. The van der Waals surface area contributed by atoms with Gasteiger partial charge in [0.25, 0.3) is 0 Å². The highest BCUT2D eigenvalue weighted by Crippen LogP contribution is 2.34. The van der Waals surface area contributed by atoms with Gasteiger partial charge in [-0.1, -0.05) is 46.4 Å². The van der Waals surface area contributed by atoms with Crippen LogP contribution in [0, 0.1) is 0 Å². The van der Waals surface area contributed by atoms with Crippen molar-refractivity contribution in [2.24, 2.45) is 0 Å². The number of benzene rings is 2. The second-order valence-corrected chi connectivity index (χ2v) is 6.30. The molecular formula is C15H12Cl4O2. The maximum Gasteiger partial charge on any atom is 0.152 e.